The van der Waals surface area contributed by atoms with Crippen molar-refractivity contribution in [2.45, 2.75) is 53.6 Å². The van der Waals surface area contributed by atoms with Crippen LogP contribution in [0.1, 0.15) is 47.5 Å². The molecule has 0 aromatic rings. The number of carbonyl (C=O) groups is 1. The van der Waals surface area contributed by atoms with Gasteiger partial charge >= 0.3 is 0 Å². The highest BCUT2D eigenvalue weighted by atomic mass is 16.3. The van der Waals surface area contributed by atoms with Gasteiger partial charge in [-0.25, -0.2) is 0 Å². The second-order valence-corrected chi connectivity index (χ2v) is 5.46. The van der Waals surface area contributed by atoms with Gasteiger partial charge in [0, 0.05) is 13.0 Å². The van der Waals surface area contributed by atoms with Gasteiger partial charge in [-0.05, 0) is 24.7 Å². The summed E-state index contributed by atoms with van der Waals surface area (Å²) in [7, 11) is 0. The van der Waals surface area contributed by atoms with Crippen LogP contribution in [-0.2, 0) is 4.79 Å². The van der Waals surface area contributed by atoms with Gasteiger partial charge in [0.15, 0.2) is 0 Å². The summed E-state index contributed by atoms with van der Waals surface area (Å²) in [5.41, 5.74) is 0.220. The normalized spacial score (nSPS) is 15.9. The molecule has 90 valence electrons. The molecule has 2 atom stereocenters. The van der Waals surface area contributed by atoms with Crippen LogP contribution in [0.25, 0.3) is 0 Å². The number of aliphatic hydroxyl groups is 1. The van der Waals surface area contributed by atoms with Crippen LogP contribution in [0.4, 0.5) is 0 Å². The molecule has 0 heterocycles. The summed E-state index contributed by atoms with van der Waals surface area (Å²) in [6.45, 7) is 11.0. The van der Waals surface area contributed by atoms with E-state index in [9.17, 15) is 4.79 Å². The predicted molar refractivity (Wildman–Crippen MR) is 62.5 cm³/mol. The summed E-state index contributed by atoms with van der Waals surface area (Å²) in [6.07, 6.45) is 0.556. The van der Waals surface area contributed by atoms with Crippen molar-refractivity contribution in [1.82, 2.24) is 5.32 Å². The second kappa shape index (κ2) is 6.11. The third-order valence-corrected chi connectivity index (χ3v) is 2.87. The lowest BCUT2D eigenvalue weighted by molar-refractivity contribution is -0.121. The molecule has 1 amide bonds. The number of hydrogen-bond donors (Lipinski definition) is 2. The summed E-state index contributed by atoms with van der Waals surface area (Å²) >= 11 is 0. The van der Waals surface area contributed by atoms with E-state index in [-0.39, 0.29) is 11.3 Å². The topological polar surface area (TPSA) is 49.3 Å². The smallest absolute Gasteiger partial charge is 0.220 e. The zero-order valence-electron chi connectivity index (χ0n) is 10.6. The van der Waals surface area contributed by atoms with E-state index in [0.29, 0.717) is 25.3 Å². The van der Waals surface area contributed by atoms with Gasteiger partial charge < -0.3 is 10.4 Å². The fourth-order valence-electron chi connectivity index (χ4n) is 1.00. The molecule has 0 radical (unpaired) electrons. The average Bonchev–Trinajstić information content (AvgIpc) is 2.09. The highest BCUT2D eigenvalue weighted by Gasteiger charge is 2.20. The summed E-state index contributed by atoms with van der Waals surface area (Å²) in [5, 5.41) is 11.9. The van der Waals surface area contributed by atoms with Crippen LogP contribution in [0.5, 0.6) is 0 Å². The Bertz CT molecular complexity index is 194. The van der Waals surface area contributed by atoms with Gasteiger partial charge in [0.2, 0.25) is 5.91 Å². The maximum absolute atomic E-state index is 11.4. The fourth-order valence-corrected chi connectivity index (χ4v) is 1.00. The molecule has 0 aliphatic carbocycles. The van der Waals surface area contributed by atoms with Crippen LogP contribution in [-0.4, -0.2) is 23.7 Å². The number of nitrogens with one attached hydrogen (secondary N) is 1. The monoisotopic (exact) mass is 215 g/mol. The van der Waals surface area contributed by atoms with Crippen LogP contribution < -0.4 is 5.32 Å². The lowest BCUT2D eigenvalue weighted by atomic mass is 9.82. The second-order valence-electron chi connectivity index (χ2n) is 5.46. The molecule has 2 N–H and O–H groups in total. The predicted octanol–water partition coefficient (Wildman–Crippen LogP) is 1.95. The maximum atomic E-state index is 11.4. The Morgan fingerprint density at radius 2 is 1.87 bits per heavy atom. The number of rotatable bonds is 5. The zero-order chi connectivity index (χ0) is 12.1. The number of hydrogen-bond acceptors (Lipinski definition) is 2. The van der Waals surface area contributed by atoms with Gasteiger partial charge in [-0.3, -0.25) is 4.79 Å². The largest absolute Gasteiger partial charge is 0.393 e. The molecular weight excluding hydrogens is 190 g/mol. The first kappa shape index (κ1) is 14.4. The minimum Gasteiger partial charge on any atom is -0.393 e. The summed E-state index contributed by atoms with van der Waals surface area (Å²) in [6, 6.07) is 0. The van der Waals surface area contributed by atoms with Gasteiger partial charge in [0.1, 0.15) is 0 Å². The molecule has 0 aromatic heterocycles. The molecule has 0 saturated carbocycles. The van der Waals surface area contributed by atoms with E-state index in [4.69, 9.17) is 5.11 Å². The van der Waals surface area contributed by atoms with Crippen molar-refractivity contribution in [3.8, 4) is 0 Å². The van der Waals surface area contributed by atoms with Crippen molar-refractivity contribution in [2.75, 3.05) is 6.54 Å². The van der Waals surface area contributed by atoms with E-state index in [0.717, 1.165) is 0 Å². The van der Waals surface area contributed by atoms with Crippen molar-refractivity contribution in [1.29, 1.82) is 0 Å². The van der Waals surface area contributed by atoms with E-state index < -0.39 is 6.10 Å². The summed E-state index contributed by atoms with van der Waals surface area (Å²) in [4.78, 5) is 11.4. The molecule has 0 spiro atoms. The molecule has 0 bridgehead atoms. The third-order valence-electron chi connectivity index (χ3n) is 2.87. The zero-order valence-corrected chi connectivity index (χ0v) is 10.6. The van der Waals surface area contributed by atoms with Crippen LogP contribution >= 0.6 is 0 Å². The molecule has 0 rings (SSSR count). The van der Waals surface area contributed by atoms with E-state index in [1.807, 2.05) is 0 Å². The summed E-state index contributed by atoms with van der Waals surface area (Å²) in [5.74, 6) is 0.486. The Labute approximate surface area is 93.3 Å². The molecular formula is C12H25NO2. The first-order chi connectivity index (χ1) is 6.73. The average molecular weight is 215 g/mol. The van der Waals surface area contributed by atoms with E-state index in [2.05, 4.69) is 33.0 Å². The van der Waals surface area contributed by atoms with Gasteiger partial charge in [0.05, 0.1) is 6.10 Å². The standard InChI is InChI=1S/C12H25NO2/c1-9(12(3,4)5)8-13-11(15)7-6-10(2)14/h9-10,14H,6-8H2,1-5H3,(H,13,15). The molecule has 0 saturated heterocycles. The molecule has 3 nitrogen and oxygen atoms in total. The van der Waals surface area contributed by atoms with E-state index >= 15 is 0 Å². The minimum atomic E-state index is -0.393. The molecule has 3 heteroatoms. The fraction of sp³-hybridized carbons (Fsp3) is 0.917. The number of amides is 1. The van der Waals surface area contributed by atoms with Gasteiger partial charge in [0.25, 0.3) is 0 Å². The molecule has 0 aliphatic rings. The Hall–Kier alpha value is -0.570. The van der Waals surface area contributed by atoms with Gasteiger partial charge in [-0.15, -0.1) is 0 Å². The van der Waals surface area contributed by atoms with Crippen LogP contribution in [0, 0.1) is 11.3 Å². The van der Waals surface area contributed by atoms with E-state index in [1.54, 1.807) is 6.92 Å². The highest BCUT2D eigenvalue weighted by Crippen LogP contribution is 2.24. The SMILES string of the molecule is CC(O)CCC(=O)NCC(C)C(C)(C)C. The number of carbonyl (C=O) groups excluding carboxylic acids is 1. The Balaban J connectivity index is 3.72. The Morgan fingerprint density at radius 1 is 1.33 bits per heavy atom. The Morgan fingerprint density at radius 3 is 2.27 bits per heavy atom. The first-order valence-corrected chi connectivity index (χ1v) is 5.68. The van der Waals surface area contributed by atoms with Crippen molar-refractivity contribution in [2.24, 2.45) is 11.3 Å². The van der Waals surface area contributed by atoms with E-state index in [1.165, 1.54) is 0 Å². The van der Waals surface area contributed by atoms with Crippen molar-refractivity contribution < 1.29 is 9.90 Å². The third kappa shape index (κ3) is 7.37. The molecule has 0 aromatic carbocycles. The van der Waals surface area contributed by atoms with Crippen LogP contribution in [0.2, 0.25) is 0 Å². The van der Waals surface area contributed by atoms with Crippen LogP contribution in [0.15, 0.2) is 0 Å². The van der Waals surface area contributed by atoms with Crippen molar-refractivity contribution >= 4 is 5.91 Å². The maximum Gasteiger partial charge on any atom is 0.220 e. The van der Waals surface area contributed by atoms with Gasteiger partial charge in [-0.1, -0.05) is 27.7 Å². The quantitative estimate of drug-likeness (QED) is 0.736. The Kier molecular flexibility index (Phi) is 5.88. The molecule has 2 unspecified atom stereocenters. The lowest BCUT2D eigenvalue weighted by Gasteiger charge is -2.27. The lowest BCUT2D eigenvalue weighted by Crippen LogP contribution is -2.33. The van der Waals surface area contributed by atoms with Crippen molar-refractivity contribution in [3.63, 3.8) is 0 Å². The molecule has 0 fully saturated rings. The van der Waals surface area contributed by atoms with Gasteiger partial charge in [-0.2, -0.15) is 0 Å². The first-order valence-electron chi connectivity index (χ1n) is 5.68. The van der Waals surface area contributed by atoms with Crippen molar-refractivity contribution in [3.05, 3.63) is 0 Å². The summed E-state index contributed by atoms with van der Waals surface area (Å²) < 4.78 is 0. The highest BCUT2D eigenvalue weighted by molar-refractivity contribution is 5.75. The van der Waals surface area contributed by atoms with Crippen LogP contribution in [0.3, 0.4) is 0 Å². The molecule has 15 heavy (non-hydrogen) atoms. The number of aliphatic hydroxyl groups excluding tert-OH is 1. The molecule has 0 aliphatic heterocycles. The minimum absolute atomic E-state index is 0.0343.